The van der Waals surface area contributed by atoms with Crippen LogP contribution in [0.4, 0.5) is 0 Å². The summed E-state index contributed by atoms with van der Waals surface area (Å²) in [6.07, 6.45) is 3.59. The van der Waals surface area contributed by atoms with Crippen molar-refractivity contribution in [3.63, 3.8) is 0 Å². The van der Waals surface area contributed by atoms with Crippen molar-refractivity contribution in [2.45, 2.75) is 19.3 Å². The Bertz CT molecular complexity index is 514. The van der Waals surface area contributed by atoms with Crippen LogP contribution in [0.2, 0.25) is 0 Å². The van der Waals surface area contributed by atoms with E-state index < -0.39 is 11.9 Å². The molecule has 1 aromatic carbocycles. The van der Waals surface area contributed by atoms with Crippen LogP contribution < -0.4 is 0 Å². The standard InChI is InChI=1S/C13H12O4/c14-12(15)7-9-3-1-2-8-6-10(13(16)17)4-5-11(8)9/h4-7H,1-3H2,(H,14,15)(H,16,17)/b9-7+. The molecule has 17 heavy (non-hydrogen) atoms. The average molecular weight is 232 g/mol. The zero-order valence-electron chi connectivity index (χ0n) is 9.14. The summed E-state index contributed by atoms with van der Waals surface area (Å²) in [4.78, 5) is 21.5. The number of carbonyl (C=O) groups is 2. The molecular weight excluding hydrogens is 220 g/mol. The van der Waals surface area contributed by atoms with Gasteiger partial charge >= 0.3 is 11.9 Å². The lowest BCUT2D eigenvalue weighted by Crippen LogP contribution is -2.06. The lowest BCUT2D eigenvalue weighted by Gasteiger charge is -2.18. The predicted molar refractivity (Wildman–Crippen MR) is 62.0 cm³/mol. The summed E-state index contributed by atoms with van der Waals surface area (Å²) in [5.74, 6) is -1.92. The Kier molecular flexibility index (Phi) is 2.95. The molecule has 0 fully saturated rings. The second-order valence-electron chi connectivity index (χ2n) is 4.04. The largest absolute Gasteiger partial charge is 0.478 e. The lowest BCUT2D eigenvalue weighted by atomic mass is 9.86. The third kappa shape index (κ3) is 2.36. The van der Waals surface area contributed by atoms with Gasteiger partial charge in [-0.1, -0.05) is 6.07 Å². The van der Waals surface area contributed by atoms with Crippen LogP contribution >= 0.6 is 0 Å². The fourth-order valence-corrected chi connectivity index (χ4v) is 2.15. The van der Waals surface area contributed by atoms with Crippen molar-refractivity contribution in [2.24, 2.45) is 0 Å². The normalized spacial score (nSPS) is 16.6. The van der Waals surface area contributed by atoms with Crippen molar-refractivity contribution in [2.75, 3.05) is 0 Å². The molecule has 0 saturated carbocycles. The average Bonchev–Trinajstić information content (AvgIpc) is 2.28. The molecule has 0 heterocycles. The van der Waals surface area contributed by atoms with Crippen LogP contribution in [-0.4, -0.2) is 22.2 Å². The van der Waals surface area contributed by atoms with Gasteiger partial charge in [0.05, 0.1) is 5.56 Å². The second-order valence-corrected chi connectivity index (χ2v) is 4.04. The maximum atomic E-state index is 10.8. The van der Waals surface area contributed by atoms with E-state index in [1.165, 1.54) is 12.1 Å². The molecule has 0 spiro atoms. The van der Waals surface area contributed by atoms with Crippen LogP contribution in [0.15, 0.2) is 24.3 Å². The first kappa shape index (κ1) is 11.4. The number of benzene rings is 1. The van der Waals surface area contributed by atoms with Gasteiger partial charge in [0.15, 0.2) is 0 Å². The molecule has 2 N–H and O–H groups in total. The van der Waals surface area contributed by atoms with E-state index in [9.17, 15) is 9.59 Å². The number of allylic oxidation sites excluding steroid dienone is 1. The van der Waals surface area contributed by atoms with E-state index >= 15 is 0 Å². The van der Waals surface area contributed by atoms with E-state index in [0.717, 1.165) is 36.0 Å². The van der Waals surface area contributed by atoms with E-state index in [2.05, 4.69) is 0 Å². The first-order valence-corrected chi connectivity index (χ1v) is 5.38. The molecule has 2 rings (SSSR count). The van der Waals surface area contributed by atoms with E-state index in [1.54, 1.807) is 12.1 Å². The van der Waals surface area contributed by atoms with Crippen LogP contribution in [0.1, 0.15) is 34.3 Å². The Labute approximate surface area is 98.2 Å². The number of aliphatic carboxylic acids is 1. The lowest BCUT2D eigenvalue weighted by molar-refractivity contribution is -0.131. The molecule has 4 nitrogen and oxygen atoms in total. The topological polar surface area (TPSA) is 74.6 Å². The Hall–Kier alpha value is -2.10. The number of aromatic carboxylic acids is 1. The highest BCUT2D eigenvalue weighted by Crippen LogP contribution is 2.31. The fraction of sp³-hybridized carbons (Fsp3) is 0.231. The maximum absolute atomic E-state index is 10.8. The number of carboxylic acids is 2. The Balaban J connectivity index is 2.47. The van der Waals surface area contributed by atoms with Crippen molar-refractivity contribution in [1.82, 2.24) is 0 Å². The zero-order valence-corrected chi connectivity index (χ0v) is 9.14. The fourth-order valence-electron chi connectivity index (χ4n) is 2.15. The number of carboxylic acid groups (broad SMARTS) is 2. The van der Waals surface area contributed by atoms with E-state index in [4.69, 9.17) is 10.2 Å². The van der Waals surface area contributed by atoms with E-state index in [-0.39, 0.29) is 5.56 Å². The van der Waals surface area contributed by atoms with Gasteiger partial charge in [0.25, 0.3) is 0 Å². The first-order chi connectivity index (χ1) is 8.08. The molecule has 0 unspecified atom stereocenters. The third-order valence-electron chi connectivity index (χ3n) is 2.89. The minimum atomic E-state index is -0.963. The highest BCUT2D eigenvalue weighted by atomic mass is 16.4. The zero-order chi connectivity index (χ0) is 12.4. The van der Waals surface area contributed by atoms with Gasteiger partial charge in [-0.3, -0.25) is 0 Å². The van der Waals surface area contributed by atoms with Crippen LogP contribution in [0.3, 0.4) is 0 Å². The molecule has 88 valence electrons. The minimum Gasteiger partial charge on any atom is -0.478 e. The van der Waals surface area contributed by atoms with Crippen LogP contribution in [0, 0.1) is 0 Å². The van der Waals surface area contributed by atoms with Crippen molar-refractivity contribution >= 4 is 17.5 Å². The summed E-state index contributed by atoms with van der Waals surface area (Å²) < 4.78 is 0. The van der Waals surface area contributed by atoms with Crippen molar-refractivity contribution < 1.29 is 19.8 Å². The Morgan fingerprint density at radius 3 is 2.59 bits per heavy atom. The van der Waals surface area contributed by atoms with Crippen LogP contribution in [-0.2, 0) is 11.2 Å². The molecule has 0 radical (unpaired) electrons. The molecule has 0 aliphatic heterocycles. The molecule has 0 amide bonds. The summed E-state index contributed by atoms with van der Waals surface area (Å²) in [5.41, 5.74) is 2.81. The van der Waals surface area contributed by atoms with Crippen molar-refractivity contribution in [3.05, 3.63) is 41.0 Å². The quantitative estimate of drug-likeness (QED) is 0.766. The molecule has 0 saturated heterocycles. The summed E-state index contributed by atoms with van der Waals surface area (Å²) in [6.45, 7) is 0. The van der Waals surface area contributed by atoms with Gasteiger partial charge < -0.3 is 10.2 Å². The first-order valence-electron chi connectivity index (χ1n) is 5.38. The van der Waals surface area contributed by atoms with Gasteiger partial charge in [-0.25, -0.2) is 9.59 Å². The molecule has 1 aliphatic carbocycles. The molecule has 4 heteroatoms. The van der Waals surface area contributed by atoms with E-state index in [0.29, 0.717) is 0 Å². The van der Waals surface area contributed by atoms with Gasteiger partial charge in [0, 0.05) is 6.08 Å². The second kappa shape index (κ2) is 4.41. The predicted octanol–water partition coefficient (Wildman–Crippen LogP) is 2.19. The SMILES string of the molecule is O=C(O)/C=C1\CCCc2cc(C(=O)O)ccc21. The van der Waals surface area contributed by atoms with Gasteiger partial charge in [-0.05, 0) is 48.1 Å². The molecule has 0 bridgehead atoms. The summed E-state index contributed by atoms with van der Waals surface area (Å²) in [6, 6.07) is 4.85. The van der Waals surface area contributed by atoms with Crippen LogP contribution in [0.5, 0.6) is 0 Å². The Morgan fingerprint density at radius 2 is 1.94 bits per heavy atom. The smallest absolute Gasteiger partial charge is 0.335 e. The Morgan fingerprint density at radius 1 is 1.18 bits per heavy atom. The summed E-state index contributed by atoms with van der Waals surface area (Å²) in [7, 11) is 0. The maximum Gasteiger partial charge on any atom is 0.335 e. The number of rotatable bonds is 2. The summed E-state index contributed by atoms with van der Waals surface area (Å²) >= 11 is 0. The monoisotopic (exact) mass is 232 g/mol. The molecular formula is C13H12O4. The third-order valence-corrected chi connectivity index (χ3v) is 2.89. The molecule has 0 aromatic heterocycles. The number of aryl methyl sites for hydroxylation is 1. The van der Waals surface area contributed by atoms with Gasteiger partial charge in [0.2, 0.25) is 0 Å². The number of fused-ring (bicyclic) bond motifs is 1. The van der Waals surface area contributed by atoms with Gasteiger partial charge in [-0.2, -0.15) is 0 Å². The van der Waals surface area contributed by atoms with Crippen molar-refractivity contribution in [1.29, 1.82) is 0 Å². The highest BCUT2D eigenvalue weighted by Gasteiger charge is 2.16. The minimum absolute atomic E-state index is 0.250. The molecule has 0 atom stereocenters. The molecule has 1 aliphatic rings. The van der Waals surface area contributed by atoms with E-state index in [1.807, 2.05) is 0 Å². The highest BCUT2D eigenvalue weighted by molar-refractivity contribution is 5.92. The number of hydrogen-bond donors (Lipinski definition) is 2. The molecule has 1 aromatic rings. The van der Waals surface area contributed by atoms with Gasteiger partial charge in [-0.15, -0.1) is 0 Å². The van der Waals surface area contributed by atoms with Crippen molar-refractivity contribution in [3.8, 4) is 0 Å². The summed E-state index contributed by atoms with van der Waals surface area (Å²) in [5, 5.41) is 17.7. The number of hydrogen-bond acceptors (Lipinski definition) is 2. The van der Waals surface area contributed by atoms with Gasteiger partial charge in [0.1, 0.15) is 0 Å². The van der Waals surface area contributed by atoms with Crippen LogP contribution in [0.25, 0.3) is 5.57 Å².